The number of carbonyl (C=O) groups is 2. The van der Waals surface area contributed by atoms with Gasteiger partial charge in [-0.15, -0.1) is 0 Å². The van der Waals surface area contributed by atoms with Gasteiger partial charge >= 0.3 is 11.8 Å². The summed E-state index contributed by atoms with van der Waals surface area (Å²) in [6.07, 6.45) is 1.72. The molecule has 0 saturated carbocycles. The minimum absolute atomic E-state index is 0.0526. The zero-order chi connectivity index (χ0) is 14.5. The van der Waals surface area contributed by atoms with Crippen LogP contribution in [0.5, 0.6) is 0 Å². The lowest BCUT2D eigenvalue weighted by atomic mass is 9.99. The molecule has 0 aliphatic carbocycles. The topological polar surface area (TPSA) is 69.6 Å². The van der Waals surface area contributed by atoms with E-state index >= 15 is 0 Å². The van der Waals surface area contributed by atoms with Crippen molar-refractivity contribution in [1.82, 2.24) is 4.90 Å². The summed E-state index contributed by atoms with van der Waals surface area (Å²) in [6, 6.07) is 7.08. The van der Waals surface area contributed by atoms with Gasteiger partial charge in [0.25, 0.3) is 0 Å². The maximum atomic E-state index is 12.1. The van der Waals surface area contributed by atoms with Gasteiger partial charge in [0.2, 0.25) is 0 Å². The van der Waals surface area contributed by atoms with E-state index < -0.39 is 11.8 Å². The minimum Gasteiger partial charge on any atom is -0.396 e. The third kappa shape index (κ3) is 3.80. The molecule has 1 unspecified atom stereocenters. The summed E-state index contributed by atoms with van der Waals surface area (Å²) in [6.45, 7) is 1.07. The van der Waals surface area contributed by atoms with E-state index in [1.807, 2.05) is 6.07 Å². The quantitative estimate of drug-likeness (QED) is 0.803. The van der Waals surface area contributed by atoms with Gasteiger partial charge < -0.3 is 15.3 Å². The van der Waals surface area contributed by atoms with E-state index in [1.165, 1.54) is 4.90 Å². The van der Waals surface area contributed by atoms with Crippen molar-refractivity contribution >= 4 is 33.4 Å². The van der Waals surface area contributed by atoms with Crippen molar-refractivity contribution in [3.05, 3.63) is 28.7 Å². The Balaban J connectivity index is 1.96. The molecule has 1 fully saturated rings. The standard InChI is InChI=1S/C14H17BrN2O3/c15-11-4-1-5-12(7-11)16-13(19)14(20)17-6-2-3-10(8-17)9-18/h1,4-5,7,10,18H,2-3,6,8-9H2,(H,16,19). The normalized spacial score (nSPS) is 18.7. The number of halogens is 1. The van der Waals surface area contributed by atoms with Crippen LogP contribution in [-0.2, 0) is 9.59 Å². The largest absolute Gasteiger partial charge is 0.396 e. The number of nitrogens with zero attached hydrogens (tertiary/aromatic N) is 1. The van der Waals surface area contributed by atoms with Crippen LogP contribution in [0.15, 0.2) is 28.7 Å². The Morgan fingerprint density at radius 2 is 2.25 bits per heavy atom. The molecule has 1 heterocycles. The highest BCUT2D eigenvalue weighted by atomic mass is 79.9. The van der Waals surface area contributed by atoms with Gasteiger partial charge in [-0.2, -0.15) is 0 Å². The highest BCUT2D eigenvalue weighted by Crippen LogP contribution is 2.18. The van der Waals surface area contributed by atoms with E-state index in [4.69, 9.17) is 5.11 Å². The first-order chi connectivity index (χ1) is 9.60. The summed E-state index contributed by atoms with van der Waals surface area (Å²) < 4.78 is 0.834. The van der Waals surface area contributed by atoms with E-state index in [0.717, 1.165) is 17.3 Å². The third-order valence-electron chi connectivity index (χ3n) is 3.34. The van der Waals surface area contributed by atoms with Crippen molar-refractivity contribution in [2.45, 2.75) is 12.8 Å². The Bertz CT molecular complexity index is 507. The summed E-state index contributed by atoms with van der Waals surface area (Å²) >= 11 is 3.31. The molecule has 1 atom stereocenters. The summed E-state index contributed by atoms with van der Waals surface area (Å²) in [5, 5.41) is 11.7. The van der Waals surface area contributed by atoms with Crippen LogP contribution < -0.4 is 5.32 Å². The molecule has 108 valence electrons. The maximum Gasteiger partial charge on any atom is 0.313 e. The van der Waals surface area contributed by atoms with Gasteiger partial charge in [0, 0.05) is 29.9 Å². The third-order valence-corrected chi connectivity index (χ3v) is 3.83. The number of amides is 2. The van der Waals surface area contributed by atoms with Crippen LogP contribution in [0.25, 0.3) is 0 Å². The molecule has 2 rings (SSSR count). The highest BCUT2D eigenvalue weighted by molar-refractivity contribution is 9.10. The predicted molar refractivity (Wildman–Crippen MR) is 79.2 cm³/mol. The van der Waals surface area contributed by atoms with Crippen LogP contribution in [-0.4, -0.2) is 41.5 Å². The number of piperidine rings is 1. The second-order valence-corrected chi connectivity index (χ2v) is 5.82. The fourth-order valence-electron chi connectivity index (χ4n) is 2.29. The number of likely N-dealkylation sites (tertiary alicyclic amines) is 1. The maximum absolute atomic E-state index is 12.1. The molecule has 1 aliphatic rings. The molecule has 6 heteroatoms. The van der Waals surface area contributed by atoms with Gasteiger partial charge in [-0.25, -0.2) is 0 Å². The van der Waals surface area contributed by atoms with Crippen molar-refractivity contribution in [2.75, 3.05) is 25.0 Å². The Labute approximate surface area is 126 Å². The number of aliphatic hydroxyl groups is 1. The molecule has 2 N–H and O–H groups in total. The van der Waals surface area contributed by atoms with E-state index in [2.05, 4.69) is 21.2 Å². The van der Waals surface area contributed by atoms with Gasteiger partial charge in [0.15, 0.2) is 0 Å². The Morgan fingerprint density at radius 3 is 2.95 bits per heavy atom. The van der Waals surface area contributed by atoms with Crippen molar-refractivity contribution in [3.8, 4) is 0 Å². The summed E-state index contributed by atoms with van der Waals surface area (Å²) in [7, 11) is 0. The minimum atomic E-state index is -0.637. The number of hydrogen-bond acceptors (Lipinski definition) is 3. The van der Waals surface area contributed by atoms with Crippen molar-refractivity contribution in [3.63, 3.8) is 0 Å². The second kappa shape index (κ2) is 6.85. The van der Waals surface area contributed by atoms with Crippen LogP contribution >= 0.6 is 15.9 Å². The number of carbonyl (C=O) groups excluding carboxylic acids is 2. The van der Waals surface area contributed by atoms with Crippen LogP contribution in [0.3, 0.4) is 0 Å². The lowest BCUT2D eigenvalue weighted by Gasteiger charge is -2.31. The lowest BCUT2D eigenvalue weighted by molar-refractivity contribution is -0.144. The van der Waals surface area contributed by atoms with E-state index in [0.29, 0.717) is 18.8 Å². The molecule has 1 aromatic carbocycles. The average molecular weight is 341 g/mol. The molecular weight excluding hydrogens is 324 g/mol. The molecule has 1 aromatic rings. The van der Waals surface area contributed by atoms with Gasteiger partial charge in [-0.1, -0.05) is 22.0 Å². The van der Waals surface area contributed by atoms with Crippen LogP contribution in [0.1, 0.15) is 12.8 Å². The first kappa shape index (κ1) is 15.0. The van der Waals surface area contributed by atoms with Gasteiger partial charge in [0.05, 0.1) is 0 Å². The predicted octanol–water partition coefficient (Wildman–Crippen LogP) is 1.62. The summed E-state index contributed by atoms with van der Waals surface area (Å²) in [4.78, 5) is 25.5. The molecule has 5 nitrogen and oxygen atoms in total. The van der Waals surface area contributed by atoms with Gasteiger partial charge in [0.1, 0.15) is 0 Å². The Hall–Kier alpha value is -1.40. The molecule has 2 amide bonds. The van der Waals surface area contributed by atoms with Crippen LogP contribution in [0.4, 0.5) is 5.69 Å². The fraction of sp³-hybridized carbons (Fsp3) is 0.429. The zero-order valence-electron chi connectivity index (χ0n) is 11.0. The summed E-state index contributed by atoms with van der Waals surface area (Å²) in [5.74, 6) is -1.10. The first-order valence-electron chi connectivity index (χ1n) is 6.57. The zero-order valence-corrected chi connectivity index (χ0v) is 12.6. The lowest BCUT2D eigenvalue weighted by Crippen LogP contribution is -2.45. The average Bonchev–Trinajstić information content (AvgIpc) is 2.46. The van der Waals surface area contributed by atoms with E-state index in [1.54, 1.807) is 18.2 Å². The molecule has 0 spiro atoms. The number of aliphatic hydroxyl groups excluding tert-OH is 1. The molecule has 0 bridgehead atoms. The Morgan fingerprint density at radius 1 is 1.45 bits per heavy atom. The molecule has 1 aliphatic heterocycles. The monoisotopic (exact) mass is 340 g/mol. The molecule has 1 saturated heterocycles. The SMILES string of the molecule is O=C(Nc1cccc(Br)c1)C(=O)N1CCCC(CO)C1. The summed E-state index contributed by atoms with van der Waals surface area (Å²) in [5.41, 5.74) is 0.577. The number of hydrogen-bond donors (Lipinski definition) is 2. The number of nitrogens with one attached hydrogen (secondary N) is 1. The van der Waals surface area contributed by atoms with E-state index in [9.17, 15) is 9.59 Å². The van der Waals surface area contributed by atoms with Crippen molar-refractivity contribution < 1.29 is 14.7 Å². The number of rotatable bonds is 2. The number of benzene rings is 1. The molecular formula is C14H17BrN2O3. The Kier molecular flexibility index (Phi) is 5.14. The smallest absolute Gasteiger partial charge is 0.313 e. The molecule has 20 heavy (non-hydrogen) atoms. The highest BCUT2D eigenvalue weighted by Gasteiger charge is 2.27. The van der Waals surface area contributed by atoms with Crippen molar-refractivity contribution in [2.24, 2.45) is 5.92 Å². The first-order valence-corrected chi connectivity index (χ1v) is 7.36. The number of anilines is 1. The van der Waals surface area contributed by atoms with E-state index in [-0.39, 0.29) is 12.5 Å². The van der Waals surface area contributed by atoms with Crippen molar-refractivity contribution in [1.29, 1.82) is 0 Å². The second-order valence-electron chi connectivity index (χ2n) is 4.91. The van der Waals surface area contributed by atoms with Crippen LogP contribution in [0, 0.1) is 5.92 Å². The van der Waals surface area contributed by atoms with Crippen LogP contribution in [0.2, 0.25) is 0 Å². The molecule has 0 radical (unpaired) electrons. The van der Waals surface area contributed by atoms with Gasteiger partial charge in [-0.3, -0.25) is 9.59 Å². The molecule has 0 aromatic heterocycles. The van der Waals surface area contributed by atoms with Gasteiger partial charge in [-0.05, 0) is 37.0 Å². The fourth-order valence-corrected chi connectivity index (χ4v) is 2.69.